The largest absolute Gasteiger partial charge is 0.491 e. The Balaban J connectivity index is 1.37. The van der Waals surface area contributed by atoms with Gasteiger partial charge in [-0.15, -0.1) is 0 Å². The molecule has 5 aromatic carbocycles. The van der Waals surface area contributed by atoms with E-state index < -0.39 is 71.0 Å². The van der Waals surface area contributed by atoms with Gasteiger partial charge in [-0.3, -0.25) is 29.4 Å². The highest BCUT2D eigenvalue weighted by molar-refractivity contribution is 6.23. The standard InChI is InChI=1S/C47H39N3O12/c51-24-8-7-9-29-16-23-37-36(27-29)47(45(56)48(37)46(57)61-28-30-14-19-34(20-15-30)50(58)59)38(43(53)54)40-44(55)62-41(32-12-5-2-6-13-32)39(31-10-3-1-4-11-31)49(40)42(47)33-17-21-35(22-18-33)60-26-25-52/h1-6,10-23,27,38-42,51-52H,8,24-26,28H2,(H,53,54)/t38-,39-,40-,41+,42+,47-/m1/s1. The van der Waals surface area contributed by atoms with Crippen LogP contribution in [0, 0.1) is 27.9 Å². The van der Waals surface area contributed by atoms with Crippen LogP contribution in [0.2, 0.25) is 0 Å². The second-order valence-electron chi connectivity index (χ2n) is 14.9. The molecule has 5 aromatic rings. The Morgan fingerprint density at radius 3 is 2.13 bits per heavy atom. The van der Waals surface area contributed by atoms with Crippen LogP contribution in [0.5, 0.6) is 5.75 Å². The van der Waals surface area contributed by atoms with Gasteiger partial charge in [0.1, 0.15) is 42.4 Å². The first-order valence-electron chi connectivity index (χ1n) is 19.7. The average molecular weight is 838 g/mol. The quantitative estimate of drug-likeness (QED) is 0.0625. The maximum Gasteiger partial charge on any atom is 0.421 e. The number of nitro benzene ring substituents is 1. The number of carbonyl (C=O) groups is 4. The monoisotopic (exact) mass is 837 g/mol. The average Bonchev–Trinajstić information content (AvgIpc) is 3.75. The van der Waals surface area contributed by atoms with Crippen molar-refractivity contribution >= 4 is 35.3 Å². The van der Waals surface area contributed by atoms with E-state index in [0.29, 0.717) is 33.6 Å². The number of aliphatic carboxylic acids is 1. The van der Waals surface area contributed by atoms with Gasteiger partial charge in [-0.1, -0.05) is 84.6 Å². The highest BCUT2D eigenvalue weighted by atomic mass is 16.6. The Hall–Kier alpha value is -7.38. The summed E-state index contributed by atoms with van der Waals surface area (Å²) >= 11 is 0. The van der Waals surface area contributed by atoms with E-state index in [-0.39, 0.29) is 43.2 Å². The van der Waals surface area contributed by atoms with Crippen molar-refractivity contribution in [2.45, 2.75) is 42.7 Å². The molecule has 0 aromatic heterocycles. The third-order valence-corrected chi connectivity index (χ3v) is 11.4. The van der Waals surface area contributed by atoms with Gasteiger partial charge in [0.15, 0.2) is 0 Å². The molecule has 0 unspecified atom stereocenters. The number of nitro groups is 1. The van der Waals surface area contributed by atoms with Crippen LogP contribution in [0.15, 0.2) is 127 Å². The minimum Gasteiger partial charge on any atom is -0.491 e. The predicted octanol–water partition coefficient (Wildman–Crippen LogP) is 5.79. The van der Waals surface area contributed by atoms with Crippen LogP contribution < -0.4 is 9.64 Å². The van der Waals surface area contributed by atoms with Crippen LogP contribution in [-0.2, 0) is 35.9 Å². The van der Waals surface area contributed by atoms with E-state index in [1.807, 2.05) is 36.4 Å². The van der Waals surface area contributed by atoms with Crippen molar-refractivity contribution in [1.82, 2.24) is 4.90 Å². The number of esters is 1. The molecule has 62 heavy (non-hydrogen) atoms. The van der Waals surface area contributed by atoms with Crippen molar-refractivity contribution in [3.63, 3.8) is 0 Å². The molecular formula is C47H39N3O12. The summed E-state index contributed by atoms with van der Waals surface area (Å²) in [5.41, 5.74) is 0.0616. The Labute approximate surface area is 354 Å². The van der Waals surface area contributed by atoms with Gasteiger partial charge >= 0.3 is 18.0 Å². The molecule has 2 saturated heterocycles. The molecule has 2 fully saturated rings. The molecule has 3 aliphatic heterocycles. The number of rotatable bonds is 11. The van der Waals surface area contributed by atoms with Gasteiger partial charge in [-0.2, -0.15) is 0 Å². The molecule has 15 nitrogen and oxygen atoms in total. The van der Waals surface area contributed by atoms with Crippen LogP contribution in [-0.4, -0.2) is 74.9 Å². The zero-order chi connectivity index (χ0) is 43.5. The number of benzene rings is 5. The molecule has 1 spiro atoms. The number of aliphatic hydroxyl groups is 2. The third kappa shape index (κ3) is 7.19. The van der Waals surface area contributed by atoms with Gasteiger partial charge in [-0.25, -0.2) is 9.69 Å². The summed E-state index contributed by atoms with van der Waals surface area (Å²) in [4.78, 5) is 72.4. The number of cyclic esters (lactones) is 1. The zero-order valence-electron chi connectivity index (χ0n) is 32.9. The van der Waals surface area contributed by atoms with E-state index in [4.69, 9.17) is 14.2 Å². The van der Waals surface area contributed by atoms with Crippen LogP contribution in [0.3, 0.4) is 0 Å². The highest BCUT2D eigenvalue weighted by Crippen LogP contribution is 2.66. The SMILES string of the molecule is O=C1O[C@@H](c2ccccc2)[C@@H](c2ccccc2)N2[C@@H](c3ccc(OCCO)cc3)[C@]3(C(=O)N(C(=O)OCc4ccc([N+](=O)[O-])cc4)c4ccc(C#CCCO)cc43)[C@@H](C(=O)O)[C@H]12. The van der Waals surface area contributed by atoms with Crippen molar-refractivity contribution in [2.75, 3.05) is 24.7 Å². The number of carboxylic acid groups (broad SMARTS) is 1. The lowest BCUT2D eigenvalue weighted by Crippen LogP contribution is -2.53. The van der Waals surface area contributed by atoms with Gasteiger partial charge in [0.2, 0.25) is 5.91 Å². The van der Waals surface area contributed by atoms with E-state index in [1.165, 1.54) is 30.3 Å². The second kappa shape index (κ2) is 17.3. The Bertz CT molecular complexity index is 2580. The number of amides is 2. The van der Waals surface area contributed by atoms with Crippen LogP contribution in [0.4, 0.5) is 16.2 Å². The number of carboxylic acids is 1. The number of morpholine rings is 1. The van der Waals surface area contributed by atoms with Gasteiger partial charge in [0, 0.05) is 24.1 Å². The first kappa shape index (κ1) is 41.4. The summed E-state index contributed by atoms with van der Waals surface area (Å²) in [5, 5.41) is 41.7. The van der Waals surface area contributed by atoms with E-state index in [2.05, 4.69) is 11.8 Å². The normalized spacial score (nSPS) is 22.5. The minimum atomic E-state index is -2.24. The molecule has 6 atom stereocenters. The lowest BCUT2D eigenvalue weighted by Gasteiger charge is -2.46. The summed E-state index contributed by atoms with van der Waals surface area (Å²) in [5.74, 6) is 0.947. The number of imide groups is 1. The topological polar surface area (TPSA) is 206 Å². The summed E-state index contributed by atoms with van der Waals surface area (Å²) < 4.78 is 17.7. The number of carbonyl (C=O) groups excluding carboxylic acids is 3. The van der Waals surface area contributed by atoms with Crippen LogP contribution in [0.25, 0.3) is 0 Å². The number of fused-ring (bicyclic) bond motifs is 3. The zero-order valence-corrected chi connectivity index (χ0v) is 32.9. The molecule has 15 heteroatoms. The molecule has 8 rings (SSSR count). The number of anilines is 1. The summed E-state index contributed by atoms with van der Waals surface area (Å²) in [6.07, 6.45) is -2.03. The Morgan fingerprint density at radius 1 is 0.823 bits per heavy atom. The molecule has 0 radical (unpaired) electrons. The first-order valence-corrected chi connectivity index (χ1v) is 19.7. The summed E-state index contributed by atoms with van der Waals surface area (Å²) in [6.45, 7) is -0.885. The van der Waals surface area contributed by atoms with E-state index in [0.717, 1.165) is 4.90 Å². The number of nitrogens with zero attached hydrogens (tertiary/aromatic N) is 3. The fourth-order valence-electron chi connectivity index (χ4n) is 9.00. The molecule has 0 bridgehead atoms. The van der Waals surface area contributed by atoms with Crippen molar-refractivity contribution in [3.8, 4) is 17.6 Å². The lowest BCUT2D eigenvalue weighted by atomic mass is 9.65. The maximum atomic E-state index is 15.9. The van der Waals surface area contributed by atoms with Crippen molar-refractivity contribution in [1.29, 1.82) is 0 Å². The molecule has 3 heterocycles. The number of hydrogen-bond donors (Lipinski definition) is 3. The summed E-state index contributed by atoms with van der Waals surface area (Å²) in [7, 11) is 0. The third-order valence-electron chi connectivity index (χ3n) is 11.4. The highest BCUT2D eigenvalue weighted by Gasteiger charge is 2.76. The fraction of sp³-hybridized carbons (Fsp3) is 0.234. The molecule has 3 N–H and O–H groups in total. The number of hydrogen-bond acceptors (Lipinski definition) is 12. The molecular weight excluding hydrogens is 799 g/mol. The van der Waals surface area contributed by atoms with Crippen molar-refractivity contribution < 1.29 is 53.6 Å². The molecule has 0 aliphatic carbocycles. The maximum absolute atomic E-state index is 15.9. The predicted molar refractivity (Wildman–Crippen MR) is 220 cm³/mol. The molecule has 3 aliphatic rings. The second-order valence-corrected chi connectivity index (χ2v) is 14.9. The lowest BCUT2D eigenvalue weighted by molar-refractivity contribution is -0.384. The van der Waals surface area contributed by atoms with Gasteiger partial charge in [0.05, 0.1) is 35.9 Å². The molecule has 0 saturated carbocycles. The smallest absolute Gasteiger partial charge is 0.421 e. The molecule has 2 amide bonds. The summed E-state index contributed by atoms with van der Waals surface area (Å²) in [6, 6.07) is 30.7. The van der Waals surface area contributed by atoms with E-state index in [1.54, 1.807) is 65.6 Å². The Morgan fingerprint density at radius 2 is 1.50 bits per heavy atom. The van der Waals surface area contributed by atoms with E-state index >= 15 is 4.79 Å². The van der Waals surface area contributed by atoms with Crippen molar-refractivity contribution in [3.05, 3.63) is 171 Å². The van der Waals surface area contributed by atoms with Gasteiger partial charge in [-0.05, 0) is 70.3 Å². The minimum absolute atomic E-state index is 0.000332. The van der Waals surface area contributed by atoms with Crippen LogP contribution >= 0.6 is 0 Å². The van der Waals surface area contributed by atoms with Crippen LogP contribution in [0.1, 0.15) is 58.0 Å². The number of aliphatic hydroxyl groups excluding tert-OH is 2. The Kier molecular flexibility index (Phi) is 11.5. The fourth-order valence-corrected chi connectivity index (χ4v) is 9.00. The first-order chi connectivity index (χ1) is 30.1. The molecule has 314 valence electrons. The van der Waals surface area contributed by atoms with Gasteiger partial charge < -0.3 is 29.5 Å². The van der Waals surface area contributed by atoms with Crippen molar-refractivity contribution in [2.24, 2.45) is 5.92 Å². The number of ether oxygens (including phenoxy) is 3. The van der Waals surface area contributed by atoms with E-state index in [9.17, 15) is 39.8 Å². The van der Waals surface area contributed by atoms with Gasteiger partial charge in [0.25, 0.3) is 5.69 Å². The number of non-ortho nitro benzene ring substituents is 1.